The fraction of sp³-hybridized carbons (Fsp3) is 0.565. The molecule has 0 spiro atoms. The number of amides is 3. The normalized spacial score (nSPS) is 23.4. The predicted molar refractivity (Wildman–Crippen MR) is 125 cm³/mol. The van der Waals surface area contributed by atoms with Crippen LogP contribution in [0.5, 0.6) is 0 Å². The van der Waals surface area contributed by atoms with E-state index in [1.165, 1.54) is 20.1 Å². The molecule has 0 radical (unpaired) electrons. The summed E-state index contributed by atoms with van der Waals surface area (Å²) in [7, 11) is 1.24. The van der Waals surface area contributed by atoms with Crippen LogP contribution in [0.2, 0.25) is 0 Å². The fourth-order valence-electron chi connectivity index (χ4n) is 3.52. The zero-order valence-corrected chi connectivity index (χ0v) is 20.1. The minimum absolute atomic E-state index is 0.0762. The van der Waals surface area contributed by atoms with Gasteiger partial charge in [0.05, 0.1) is 31.6 Å². The zero-order chi connectivity index (χ0) is 26.7. The number of rotatable bonds is 12. The summed E-state index contributed by atoms with van der Waals surface area (Å²) in [6, 6.07) is 5.31. The molecule has 0 bridgehead atoms. The number of carbonyl (C=O) groups is 4. The molecule has 13 nitrogen and oxygen atoms in total. The van der Waals surface area contributed by atoms with Gasteiger partial charge in [-0.1, -0.05) is 12.1 Å². The van der Waals surface area contributed by atoms with Crippen LogP contribution < -0.4 is 16.0 Å². The van der Waals surface area contributed by atoms with E-state index in [1.54, 1.807) is 18.2 Å². The number of benzene rings is 1. The third-order valence-electron chi connectivity index (χ3n) is 5.36. The highest BCUT2D eigenvalue weighted by molar-refractivity contribution is 6.01. The van der Waals surface area contributed by atoms with Crippen LogP contribution in [0.25, 0.3) is 0 Å². The second kappa shape index (κ2) is 14.5. The van der Waals surface area contributed by atoms with Crippen LogP contribution >= 0.6 is 0 Å². The minimum Gasteiger partial charge on any atom is -0.465 e. The molecule has 200 valence electrons. The monoisotopic (exact) mass is 511 g/mol. The molecular weight excluding hydrogens is 478 g/mol. The summed E-state index contributed by atoms with van der Waals surface area (Å²) in [5.41, 5.74) is 0.489. The van der Waals surface area contributed by atoms with Gasteiger partial charge in [0.25, 0.3) is 0 Å². The first-order chi connectivity index (χ1) is 17.2. The van der Waals surface area contributed by atoms with Crippen LogP contribution in [0.1, 0.15) is 36.5 Å². The molecule has 1 aromatic rings. The fourth-order valence-corrected chi connectivity index (χ4v) is 3.52. The smallest absolute Gasteiger partial charge is 0.339 e. The van der Waals surface area contributed by atoms with Crippen molar-refractivity contribution in [1.29, 1.82) is 0 Å². The molecular formula is C23H33N3O10. The average molecular weight is 512 g/mol. The number of aliphatic hydroxyl groups excluding tert-OH is 3. The van der Waals surface area contributed by atoms with E-state index in [2.05, 4.69) is 20.7 Å². The van der Waals surface area contributed by atoms with Gasteiger partial charge in [-0.3, -0.25) is 14.4 Å². The predicted octanol–water partition coefficient (Wildman–Crippen LogP) is -1.34. The lowest BCUT2D eigenvalue weighted by molar-refractivity contribution is -0.270. The number of methoxy groups -OCH3 is 1. The molecule has 1 fully saturated rings. The van der Waals surface area contributed by atoms with Crippen LogP contribution in [0.15, 0.2) is 24.3 Å². The lowest BCUT2D eigenvalue weighted by Crippen LogP contribution is -2.64. The van der Waals surface area contributed by atoms with Crippen LogP contribution in [0.3, 0.4) is 0 Å². The first-order valence-corrected chi connectivity index (χ1v) is 11.4. The van der Waals surface area contributed by atoms with E-state index in [0.717, 1.165) is 0 Å². The largest absolute Gasteiger partial charge is 0.465 e. The maximum atomic E-state index is 12.2. The molecule has 1 aromatic carbocycles. The maximum absolute atomic E-state index is 12.2. The summed E-state index contributed by atoms with van der Waals surface area (Å²) in [4.78, 5) is 47.4. The van der Waals surface area contributed by atoms with Crippen molar-refractivity contribution in [2.24, 2.45) is 0 Å². The van der Waals surface area contributed by atoms with Crippen molar-refractivity contribution in [3.05, 3.63) is 29.8 Å². The Labute approximate surface area is 208 Å². The zero-order valence-electron chi connectivity index (χ0n) is 20.1. The third-order valence-corrected chi connectivity index (χ3v) is 5.36. The molecule has 1 aliphatic heterocycles. The lowest BCUT2D eigenvalue weighted by atomic mass is 9.97. The molecule has 36 heavy (non-hydrogen) atoms. The van der Waals surface area contributed by atoms with E-state index >= 15 is 0 Å². The van der Waals surface area contributed by atoms with Crippen LogP contribution in [0.4, 0.5) is 5.69 Å². The van der Waals surface area contributed by atoms with E-state index in [0.29, 0.717) is 6.42 Å². The SMILES string of the molecule is COC(=O)c1ccccc1NC(=O)CCC(=O)NCCCO[C@H]1OC(CO)[C@H](O)[C@H](O)C1NC(C)=O. The van der Waals surface area contributed by atoms with Crippen molar-refractivity contribution in [3.8, 4) is 0 Å². The summed E-state index contributed by atoms with van der Waals surface area (Å²) in [5, 5.41) is 37.2. The number of hydrogen-bond donors (Lipinski definition) is 6. The molecule has 1 aliphatic rings. The Morgan fingerprint density at radius 1 is 1.06 bits per heavy atom. The van der Waals surface area contributed by atoms with Crippen LogP contribution in [-0.4, -0.2) is 96.5 Å². The van der Waals surface area contributed by atoms with Gasteiger partial charge < -0.3 is 45.5 Å². The van der Waals surface area contributed by atoms with Gasteiger partial charge in [-0.05, 0) is 18.6 Å². The molecule has 3 amide bonds. The number of esters is 1. The van der Waals surface area contributed by atoms with Crippen LogP contribution in [0, 0.1) is 0 Å². The Balaban J connectivity index is 1.72. The highest BCUT2D eigenvalue weighted by Gasteiger charge is 2.45. The Bertz CT molecular complexity index is 912. The van der Waals surface area contributed by atoms with E-state index in [4.69, 9.17) is 9.47 Å². The number of carbonyl (C=O) groups excluding carboxylic acids is 4. The van der Waals surface area contributed by atoms with Crippen molar-refractivity contribution < 1.29 is 48.7 Å². The quantitative estimate of drug-likeness (QED) is 0.144. The number of nitrogens with one attached hydrogen (secondary N) is 3. The summed E-state index contributed by atoms with van der Waals surface area (Å²) in [6.45, 7) is 0.981. The van der Waals surface area contributed by atoms with Crippen molar-refractivity contribution >= 4 is 29.4 Å². The molecule has 0 aliphatic carbocycles. The highest BCUT2D eigenvalue weighted by atomic mass is 16.7. The summed E-state index contributed by atoms with van der Waals surface area (Å²) < 4.78 is 15.7. The van der Waals surface area contributed by atoms with Gasteiger partial charge in [0.2, 0.25) is 17.7 Å². The topological polar surface area (TPSA) is 193 Å². The molecule has 0 saturated carbocycles. The first-order valence-electron chi connectivity index (χ1n) is 11.4. The Hall–Kier alpha value is -3.10. The van der Waals surface area contributed by atoms with Gasteiger partial charge in [0.1, 0.15) is 24.4 Å². The Morgan fingerprint density at radius 3 is 2.42 bits per heavy atom. The molecule has 1 heterocycles. The van der Waals surface area contributed by atoms with Gasteiger partial charge in [0, 0.05) is 26.3 Å². The van der Waals surface area contributed by atoms with Gasteiger partial charge in [0.15, 0.2) is 6.29 Å². The molecule has 0 aromatic heterocycles. The lowest BCUT2D eigenvalue weighted by Gasteiger charge is -2.42. The molecule has 1 saturated heterocycles. The molecule has 5 atom stereocenters. The number of aliphatic hydroxyl groups is 3. The average Bonchev–Trinajstić information content (AvgIpc) is 2.86. The van der Waals surface area contributed by atoms with Gasteiger partial charge in [-0.2, -0.15) is 0 Å². The second-order valence-corrected chi connectivity index (χ2v) is 8.09. The maximum Gasteiger partial charge on any atom is 0.339 e. The highest BCUT2D eigenvalue weighted by Crippen LogP contribution is 2.22. The van der Waals surface area contributed by atoms with E-state index in [1.807, 2.05) is 0 Å². The van der Waals surface area contributed by atoms with Crippen molar-refractivity contribution in [2.45, 2.75) is 56.8 Å². The van der Waals surface area contributed by atoms with Gasteiger partial charge in [-0.25, -0.2) is 4.79 Å². The van der Waals surface area contributed by atoms with Crippen molar-refractivity contribution in [1.82, 2.24) is 10.6 Å². The van der Waals surface area contributed by atoms with Crippen molar-refractivity contribution in [2.75, 3.05) is 32.2 Å². The first kappa shape index (κ1) is 29.1. The molecule has 2 rings (SSSR count). The molecule has 13 heteroatoms. The number of para-hydroxylation sites is 1. The van der Waals surface area contributed by atoms with E-state index in [-0.39, 0.29) is 43.2 Å². The van der Waals surface area contributed by atoms with Gasteiger partial charge in [-0.15, -0.1) is 0 Å². The molecule has 2 unspecified atom stereocenters. The van der Waals surface area contributed by atoms with Gasteiger partial charge >= 0.3 is 5.97 Å². The molecule has 6 N–H and O–H groups in total. The third kappa shape index (κ3) is 8.53. The van der Waals surface area contributed by atoms with E-state index in [9.17, 15) is 34.5 Å². The summed E-state index contributed by atoms with van der Waals surface area (Å²) >= 11 is 0. The number of hydrogen-bond acceptors (Lipinski definition) is 10. The van der Waals surface area contributed by atoms with Crippen LogP contribution in [-0.2, 0) is 28.6 Å². The standard InChI is InChI=1S/C23H33N3O10/c1-13(28)25-19-21(32)20(31)16(12-27)36-23(19)35-11-5-10-24-17(29)8-9-18(30)26-15-7-4-3-6-14(15)22(33)34-2/h3-4,6-7,16,19-21,23,27,31-32H,5,8-12H2,1-2H3,(H,24,29)(H,25,28)(H,26,30)/t16?,19?,20-,21+,23-/m0/s1. The minimum atomic E-state index is -1.41. The number of anilines is 1. The van der Waals surface area contributed by atoms with E-state index < -0.39 is 55.0 Å². The Morgan fingerprint density at radius 2 is 1.75 bits per heavy atom. The summed E-state index contributed by atoms with van der Waals surface area (Å²) in [6.07, 6.45) is -4.84. The summed E-state index contributed by atoms with van der Waals surface area (Å²) in [5.74, 6) is -1.86. The number of ether oxygens (including phenoxy) is 3. The Kier molecular flexibility index (Phi) is 11.7. The van der Waals surface area contributed by atoms with Crippen molar-refractivity contribution in [3.63, 3.8) is 0 Å². The second-order valence-electron chi connectivity index (χ2n) is 8.09.